The van der Waals surface area contributed by atoms with Crippen molar-refractivity contribution >= 4 is 17.9 Å². The third kappa shape index (κ3) is 28.3. The monoisotopic (exact) mass is 655 g/mol. The van der Waals surface area contributed by atoms with E-state index < -0.39 is 18.1 Å². The molecule has 2 unspecified atom stereocenters. The molecule has 46 heavy (non-hydrogen) atoms. The van der Waals surface area contributed by atoms with Gasteiger partial charge in [-0.15, -0.1) is 0 Å². The number of allylic oxidation sites excluding steroid dienone is 2. The summed E-state index contributed by atoms with van der Waals surface area (Å²) in [6, 6.07) is -0.611. The SMILES string of the molecule is CCCCCCCC/C=C/CCCCCC(=O)OC(COCCC(C(=O)O)[N+](C)(C)C)COC(=O)CCCCCCCCCCC. The number of unbranched alkanes of at least 4 members (excludes halogenated alkanes) is 17. The average Bonchev–Trinajstić information content (AvgIpc) is 3.00. The van der Waals surface area contributed by atoms with E-state index in [-0.39, 0.29) is 36.2 Å². The minimum absolute atomic E-state index is 0.0525. The quantitative estimate of drug-likeness (QED) is 0.0326. The Morgan fingerprint density at radius 3 is 1.59 bits per heavy atom. The number of carboxylic acid groups (broad SMARTS) is 1. The van der Waals surface area contributed by atoms with Crippen molar-refractivity contribution in [2.24, 2.45) is 0 Å². The van der Waals surface area contributed by atoms with Crippen molar-refractivity contribution in [2.75, 3.05) is 41.0 Å². The molecule has 0 fully saturated rings. The first-order valence-electron chi connectivity index (χ1n) is 18.7. The first-order valence-corrected chi connectivity index (χ1v) is 18.7. The lowest BCUT2D eigenvalue weighted by Crippen LogP contribution is -2.50. The Bertz CT molecular complexity index is 778. The van der Waals surface area contributed by atoms with Gasteiger partial charge >= 0.3 is 17.9 Å². The van der Waals surface area contributed by atoms with E-state index in [9.17, 15) is 19.5 Å². The van der Waals surface area contributed by atoms with Crippen LogP contribution in [-0.2, 0) is 28.6 Å². The predicted molar refractivity (Wildman–Crippen MR) is 188 cm³/mol. The molecule has 0 radical (unpaired) electrons. The fourth-order valence-corrected chi connectivity index (χ4v) is 5.44. The molecule has 270 valence electrons. The maximum atomic E-state index is 12.6. The van der Waals surface area contributed by atoms with Crippen LogP contribution in [0.1, 0.15) is 162 Å². The number of rotatable bonds is 33. The second kappa shape index (κ2) is 30.4. The molecule has 0 aromatic rings. The molecule has 0 aliphatic heterocycles. The van der Waals surface area contributed by atoms with Gasteiger partial charge in [0.2, 0.25) is 0 Å². The first kappa shape index (κ1) is 44.1. The van der Waals surface area contributed by atoms with E-state index in [2.05, 4.69) is 26.0 Å². The molecule has 8 nitrogen and oxygen atoms in total. The highest BCUT2D eigenvalue weighted by Crippen LogP contribution is 2.13. The first-order chi connectivity index (χ1) is 22.1. The van der Waals surface area contributed by atoms with E-state index in [0.29, 0.717) is 19.3 Å². The molecule has 0 saturated heterocycles. The third-order valence-electron chi connectivity index (χ3n) is 8.41. The van der Waals surface area contributed by atoms with Crippen LogP contribution in [0.3, 0.4) is 0 Å². The summed E-state index contributed by atoms with van der Waals surface area (Å²) in [5.74, 6) is -1.49. The Balaban J connectivity index is 4.45. The Labute approximate surface area is 282 Å². The zero-order valence-corrected chi connectivity index (χ0v) is 30.5. The van der Waals surface area contributed by atoms with E-state index in [1.165, 1.54) is 77.0 Å². The zero-order chi connectivity index (χ0) is 34.3. The lowest BCUT2D eigenvalue weighted by Gasteiger charge is -2.31. The van der Waals surface area contributed by atoms with Crippen LogP contribution in [0.15, 0.2) is 12.2 Å². The van der Waals surface area contributed by atoms with Gasteiger partial charge in [0, 0.05) is 19.3 Å². The van der Waals surface area contributed by atoms with E-state index in [1.54, 1.807) is 0 Å². The standard InChI is InChI=1S/C38H71NO7/c1-6-8-10-12-14-16-17-18-19-21-23-25-27-29-37(41)46-34(32-44-31-30-35(38(42)43)39(3,4)5)33-45-36(40)28-26-24-22-20-15-13-11-9-7-2/h18-19,34-35H,6-17,20-33H2,1-5H3/p+1/b19-18+. The van der Waals surface area contributed by atoms with Crippen LogP contribution >= 0.6 is 0 Å². The number of quaternary nitrogens is 1. The summed E-state index contributed by atoms with van der Waals surface area (Å²) in [5, 5.41) is 9.56. The molecule has 1 N–H and O–H groups in total. The van der Waals surface area contributed by atoms with E-state index in [4.69, 9.17) is 14.2 Å². The molecule has 0 rings (SSSR count). The normalized spacial score (nSPS) is 13.2. The Hall–Kier alpha value is -1.93. The highest BCUT2D eigenvalue weighted by molar-refractivity contribution is 5.72. The highest BCUT2D eigenvalue weighted by Gasteiger charge is 2.31. The summed E-state index contributed by atoms with van der Waals surface area (Å²) in [7, 11) is 5.51. The molecule has 0 amide bonds. The van der Waals surface area contributed by atoms with Crippen molar-refractivity contribution in [1.82, 2.24) is 0 Å². The Morgan fingerprint density at radius 1 is 0.630 bits per heavy atom. The largest absolute Gasteiger partial charge is 0.477 e. The second-order valence-corrected chi connectivity index (χ2v) is 13.8. The van der Waals surface area contributed by atoms with Gasteiger partial charge in [-0.05, 0) is 38.5 Å². The zero-order valence-electron chi connectivity index (χ0n) is 30.5. The van der Waals surface area contributed by atoms with Gasteiger partial charge in [-0.25, -0.2) is 4.79 Å². The minimum Gasteiger partial charge on any atom is -0.477 e. The van der Waals surface area contributed by atoms with E-state index in [0.717, 1.165) is 51.4 Å². The minimum atomic E-state index is -0.877. The summed E-state index contributed by atoms with van der Waals surface area (Å²) in [6.45, 7) is 4.68. The Kier molecular flexibility index (Phi) is 29.1. The number of hydrogen-bond donors (Lipinski definition) is 1. The van der Waals surface area contributed by atoms with Crippen molar-refractivity contribution in [2.45, 2.75) is 174 Å². The number of carbonyl (C=O) groups excluding carboxylic acids is 2. The van der Waals surface area contributed by atoms with Gasteiger partial charge in [0.1, 0.15) is 6.61 Å². The second-order valence-electron chi connectivity index (χ2n) is 13.8. The number of carboxylic acids is 1. The molecule has 0 saturated carbocycles. The van der Waals surface area contributed by atoms with Crippen LogP contribution in [0, 0.1) is 0 Å². The van der Waals surface area contributed by atoms with E-state index in [1.807, 2.05) is 21.1 Å². The van der Waals surface area contributed by atoms with Crippen LogP contribution in [0.25, 0.3) is 0 Å². The van der Waals surface area contributed by atoms with Crippen molar-refractivity contribution < 1.29 is 38.2 Å². The maximum Gasteiger partial charge on any atom is 0.362 e. The van der Waals surface area contributed by atoms with Gasteiger partial charge in [-0.1, -0.05) is 116 Å². The molecular formula is C38H72NO7+. The van der Waals surface area contributed by atoms with Gasteiger partial charge in [0.15, 0.2) is 12.1 Å². The fraction of sp³-hybridized carbons (Fsp3) is 0.868. The average molecular weight is 655 g/mol. The number of likely N-dealkylation sites (N-methyl/N-ethyl adjacent to an activating group) is 1. The highest BCUT2D eigenvalue weighted by atomic mass is 16.6. The maximum absolute atomic E-state index is 12.6. The van der Waals surface area contributed by atoms with Crippen LogP contribution in [0.4, 0.5) is 0 Å². The van der Waals surface area contributed by atoms with Crippen LogP contribution in [0.2, 0.25) is 0 Å². The molecular weight excluding hydrogens is 582 g/mol. The predicted octanol–water partition coefficient (Wildman–Crippen LogP) is 9.19. The van der Waals surface area contributed by atoms with Crippen molar-refractivity contribution in [3.05, 3.63) is 12.2 Å². The van der Waals surface area contributed by atoms with Crippen LogP contribution in [-0.4, -0.2) is 80.6 Å². The molecule has 0 aliphatic rings. The van der Waals surface area contributed by atoms with Crippen molar-refractivity contribution in [3.8, 4) is 0 Å². The number of carbonyl (C=O) groups is 3. The molecule has 0 aromatic carbocycles. The molecule has 0 aromatic heterocycles. The number of nitrogens with zero attached hydrogens (tertiary/aromatic N) is 1. The summed E-state index contributed by atoms with van der Waals surface area (Å²) >= 11 is 0. The Morgan fingerprint density at radius 2 is 1.09 bits per heavy atom. The molecule has 0 aliphatic carbocycles. The smallest absolute Gasteiger partial charge is 0.362 e. The van der Waals surface area contributed by atoms with Crippen molar-refractivity contribution in [1.29, 1.82) is 0 Å². The topological polar surface area (TPSA) is 99.1 Å². The lowest BCUT2D eigenvalue weighted by atomic mass is 10.1. The summed E-state index contributed by atoms with van der Waals surface area (Å²) < 4.78 is 17.1. The number of hydrogen-bond acceptors (Lipinski definition) is 6. The van der Waals surface area contributed by atoms with Gasteiger partial charge in [0.05, 0.1) is 34.4 Å². The van der Waals surface area contributed by atoms with Crippen LogP contribution in [0.5, 0.6) is 0 Å². The van der Waals surface area contributed by atoms with Gasteiger partial charge in [0.25, 0.3) is 0 Å². The molecule has 2 atom stereocenters. The molecule has 8 heteroatoms. The third-order valence-corrected chi connectivity index (χ3v) is 8.41. The number of esters is 2. The van der Waals surface area contributed by atoms with Crippen molar-refractivity contribution in [3.63, 3.8) is 0 Å². The summed E-state index contributed by atoms with van der Waals surface area (Å²) in [6.07, 6.45) is 28.2. The summed E-state index contributed by atoms with van der Waals surface area (Å²) in [5.41, 5.74) is 0. The molecule has 0 spiro atoms. The van der Waals surface area contributed by atoms with Gasteiger partial charge < -0.3 is 23.8 Å². The van der Waals surface area contributed by atoms with E-state index >= 15 is 0 Å². The van der Waals surface area contributed by atoms with Gasteiger partial charge in [-0.3, -0.25) is 9.59 Å². The molecule has 0 heterocycles. The number of aliphatic carboxylic acids is 1. The van der Waals surface area contributed by atoms with Crippen LogP contribution < -0.4 is 0 Å². The fourth-order valence-electron chi connectivity index (χ4n) is 5.44. The molecule has 0 bridgehead atoms. The summed E-state index contributed by atoms with van der Waals surface area (Å²) in [4.78, 5) is 36.6. The number of ether oxygens (including phenoxy) is 3. The lowest BCUT2D eigenvalue weighted by molar-refractivity contribution is -0.887. The van der Waals surface area contributed by atoms with Gasteiger partial charge in [-0.2, -0.15) is 0 Å².